The van der Waals surface area contributed by atoms with E-state index in [4.69, 9.17) is 25.2 Å². The minimum absolute atomic E-state index is 0.0564. The predicted octanol–water partition coefficient (Wildman–Crippen LogP) is 6.21. The first-order valence-electron chi connectivity index (χ1n) is 9.32. The fourth-order valence-electron chi connectivity index (χ4n) is 2.88. The molecule has 0 radical (unpaired) electrons. The third-order valence-corrected chi connectivity index (χ3v) is 4.70. The van der Waals surface area contributed by atoms with Crippen molar-refractivity contribution in [3.8, 4) is 23.5 Å². The lowest BCUT2D eigenvalue weighted by Gasteiger charge is -2.12. The van der Waals surface area contributed by atoms with Gasteiger partial charge in [-0.15, -0.1) is 0 Å². The Kier molecular flexibility index (Phi) is 5.73. The maximum atomic E-state index is 9.42. The Morgan fingerprint density at radius 2 is 1.83 bits per heavy atom. The van der Waals surface area contributed by atoms with E-state index >= 15 is 0 Å². The van der Waals surface area contributed by atoms with Crippen molar-refractivity contribution in [2.75, 3.05) is 5.32 Å². The molecule has 4 rings (SSSR count). The van der Waals surface area contributed by atoms with E-state index < -0.39 is 0 Å². The lowest BCUT2D eigenvalue weighted by molar-refractivity contribution is 0.271. The van der Waals surface area contributed by atoms with E-state index in [2.05, 4.69) is 16.4 Å². The summed E-state index contributed by atoms with van der Waals surface area (Å²) in [6.45, 7) is 2.22. The molecule has 0 spiro atoms. The van der Waals surface area contributed by atoms with Crippen LogP contribution in [0.2, 0.25) is 5.02 Å². The number of benzene rings is 2. The third-order valence-electron chi connectivity index (χ3n) is 4.45. The van der Waals surface area contributed by atoms with Crippen LogP contribution in [0.5, 0.6) is 5.75 Å². The normalized spacial score (nSPS) is 11.6. The van der Waals surface area contributed by atoms with Crippen LogP contribution in [0.15, 0.2) is 75.6 Å². The predicted molar refractivity (Wildman–Crippen MR) is 113 cm³/mol. The second-order valence-corrected chi connectivity index (χ2v) is 7.03. The molecule has 0 aliphatic heterocycles. The van der Waals surface area contributed by atoms with Crippen LogP contribution in [0.1, 0.15) is 30.0 Å². The Balaban J connectivity index is 1.47. The highest BCUT2D eigenvalue weighted by molar-refractivity contribution is 6.30. The molecule has 1 atom stereocenters. The average molecular weight is 420 g/mol. The molecule has 2 aromatic heterocycles. The summed E-state index contributed by atoms with van der Waals surface area (Å²) in [4.78, 5) is 4.25. The molecule has 0 bridgehead atoms. The van der Waals surface area contributed by atoms with Crippen molar-refractivity contribution < 1.29 is 13.6 Å². The Hall–Kier alpha value is -3.69. The van der Waals surface area contributed by atoms with Crippen molar-refractivity contribution in [2.45, 2.75) is 19.6 Å². The average Bonchev–Trinajstić information content (AvgIpc) is 3.41. The number of hydrogen-bond acceptors (Lipinski definition) is 6. The molecule has 0 saturated heterocycles. The van der Waals surface area contributed by atoms with Crippen molar-refractivity contribution in [3.05, 3.63) is 88.8 Å². The van der Waals surface area contributed by atoms with Crippen LogP contribution >= 0.6 is 11.6 Å². The second-order valence-electron chi connectivity index (χ2n) is 6.59. The van der Waals surface area contributed by atoms with Crippen LogP contribution in [0, 0.1) is 11.3 Å². The number of oxazole rings is 1. The molecule has 0 amide bonds. The van der Waals surface area contributed by atoms with Crippen LogP contribution in [0.3, 0.4) is 0 Å². The van der Waals surface area contributed by atoms with Crippen LogP contribution < -0.4 is 10.1 Å². The Bertz CT molecular complexity index is 1160. The molecule has 4 aromatic rings. The van der Waals surface area contributed by atoms with Gasteiger partial charge >= 0.3 is 0 Å². The molecular weight excluding hydrogens is 402 g/mol. The first-order valence-corrected chi connectivity index (χ1v) is 9.70. The molecule has 6 nitrogen and oxygen atoms in total. The number of furan rings is 1. The Morgan fingerprint density at radius 3 is 2.57 bits per heavy atom. The minimum atomic E-state index is -0.0564. The highest BCUT2D eigenvalue weighted by atomic mass is 35.5. The maximum absolute atomic E-state index is 9.42. The minimum Gasteiger partial charge on any atom is -0.486 e. The summed E-state index contributed by atoms with van der Waals surface area (Å²) in [6.07, 6.45) is 0. The van der Waals surface area contributed by atoms with E-state index in [-0.39, 0.29) is 24.2 Å². The van der Waals surface area contributed by atoms with Gasteiger partial charge in [-0.1, -0.05) is 41.9 Å². The van der Waals surface area contributed by atoms with Crippen molar-refractivity contribution in [3.63, 3.8) is 0 Å². The van der Waals surface area contributed by atoms with E-state index in [0.29, 0.717) is 28.2 Å². The van der Waals surface area contributed by atoms with E-state index in [9.17, 15) is 5.26 Å². The lowest BCUT2D eigenvalue weighted by Crippen LogP contribution is -2.06. The summed E-state index contributed by atoms with van der Waals surface area (Å²) in [5.41, 5.74) is 1.24. The highest BCUT2D eigenvalue weighted by Crippen LogP contribution is 2.29. The molecule has 0 aliphatic carbocycles. The molecule has 7 heteroatoms. The topological polar surface area (TPSA) is 84.2 Å². The van der Waals surface area contributed by atoms with Gasteiger partial charge in [-0.05, 0) is 48.9 Å². The zero-order valence-corrected chi connectivity index (χ0v) is 16.9. The first kappa shape index (κ1) is 19.6. The molecule has 2 heterocycles. The molecular formula is C23H18ClN3O3. The van der Waals surface area contributed by atoms with Gasteiger partial charge in [0.2, 0.25) is 11.6 Å². The Labute approximate surface area is 178 Å². The van der Waals surface area contributed by atoms with Crippen molar-refractivity contribution in [1.29, 1.82) is 5.26 Å². The fraction of sp³-hybridized carbons (Fsp3) is 0.130. The largest absolute Gasteiger partial charge is 0.486 e. The smallest absolute Gasteiger partial charge is 0.266 e. The summed E-state index contributed by atoms with van der Waals surface area (Å²) in [5, 5.41) is 13.3. The summed E-state index contributed by atoms with van der Waals surface area (Å²) in [7, 11) is 0. The Morgan fingerprint density at radius 1 is 1.07 bits per heavy atom. The van der Waals surface area contributed by atoms with Gasteiger partial charge in [0.15, 0.2) is 5.76 Å². The zero-order valence-electron chi connectivity index (χ0n) is 16.1. The number of nitrogens with one attached hydrogen (secondary N) is 1. The van der Waals surface area contributed by atoms with Crippen molar-refractivity contribution >= 4 is 17.5 Å². The van der Waals surface area contributed by atoms with Gasteiger partial charge in [0, 0.05) is 5.02 Å². The van der Waals surface area contributed by atoms with Crippen molar-refractivity contribution in [2.24, 2.45) is 0 Å². The van der Waals surface area contributed by atoms with E-state index in [0.717, 1.165) is 5.56 Å². The van der Waals surface area contributed by atoms with Gasteiger partial charge in [0.25, 0.3) is 5.89 Å². The maximum Gasteiger partial charge on any atom is 0.266 e. The molecule has 150 valence electrons. The summed E-state index contributed by atoms with van der Waals surface area (Å²) >= 11 is 5.87. The van der Waals surface area contributed by atoms with Gasteiger partial charge < -0.3 is 18.9 Å². The lowest BCUT2D eigenvalue weighted by atomic mass is 10.1. The quantitative estimate of drug-likeness (QED) is 0.383. The fourth-order valence-corrected chi connectivity index (χ4v) is 3.00. The van der Waals surface area contributed by atoms with Gasteiger partial charge in [-0.2, -0.15) is 10.2 Å². The third kappa shape index (κ3) is 4.48. The monoisotopic (exact) mass is 419 g/mol. The number of anilines is 1. The van der Waals surface area contributed by atoms with Crippen LogP contribution in [0.4, 0.5) is 5.88 Å². The van der Waals surface area contributed by atoms with Gasteiger partial charge in [0.1, 0.15) is 24.2 Å². The number of rotatable bonds is 7. The molecule has 0 unspecified atom stereocenters. The van der Waals surface area contributed by atoms with E-state index in [1.54, 1.807) is 36.4 Å². The number of halogens is 1. The number of ether oxygens (including phenoxy) is 1. The second kappa shape index (κ2) is 8.76. The number of nitrogens with zero attached hydrogens (tertiary/aromatic N) is 2. The summed E-state index contributed by atoms with van der Waals surface area (Å²) in [6, 6.07) is 22.5. The van der Waals surface area contributed by atoms with E-state index in [1.807, 2.05) is 37.3 Å². The number of nitriles is 1. The van der Waals surface area contributed by atoms with Crippen LogP contribution in [-0.4, -0.2) is 4.98 Å². The van der Waals surface area contributed by atoms with Crippen LogP contribution in [0.25, 0.3) is 11.7 Å². The molecule has 0 aliphatic rings. The molecule has 1 N–H and O–H groups in total. The van der Waals surface area contributed by atoms with Crippen molar-refractivity contribution in [1.82, 2.24) is 4.98 Å². The van der Waals surface area contributed by atoms with Gasteiger partial charge in [-0.25, -0.2) is 0 Å². The standard InChI is InChI=1S/C23H18ClN3O3/c1-15(16-5-3-2-4-6-16)26-22-20(13-25)27-23(30-22)21-12-11-19(29-21)14-28-18-9-7-17(24)8-10-18/h2-12,15,26H,14H2,1H3/t15-/m0/s1. The molecule has 2 aromatic carbocycles. The van der Waals surface area contributed by atoms with Crippen LogP contribution in [-0.2, 0) is 6.61 Å². The molecule has 0 saturated carbocycles. The SMILES string of the molecule is C[C@H](Nc1oc(-c2ccc(COc3ccc(Cl)cc3)o2)nc1C#N)c1ccccc1. The zero-order chi connectivity index (χ0) is 20.9. The van der Waals surface area contributed by atoms with E-state index in [1.165, 1.54) is 0 Å². The van der Waals surface area contributed by atoms with Gasteiger partial charge in [0.05, 0.1) is 6.04 Å². The number of aromatic nitrogens is 1. The molecule has 0 fully saturated rings. The summed E-state index contributed by atoms with van der Waals surface area (Å²) in [5.74, 6) is 2.23. The summed E-state index contributed by atoms with van der Waals surface area (Å²) < 4.78 is 17.2. The molecule has 30 heavy (non-hydrogen) atoms. The number of hydrogen-bond donors (Lipinski definition) is 1. The first-order chi connectivity index (χ1) is 14.6. The van der Waals surface area contributed by atoms with Gasteiger partial charge in [-0.3, -0.25) is 0 Å². The highest BCUT2D eigenvalue weighted by Gasteiger charge is 2.19.